The van der Waals surface area contributed by atoms with Gasteiger partial charge in [-0.3, -0.25) is 4.90 Å². The highest BCUT2D eigenvalue weighted by atomic mass is 16.5. The second kappa shape index (κ2) is 7.25. The minimum absolute atomic E-state index is 0.313. The highest BCUT2D eigenvalue weighted by molar-refractivity contribution is 5.17. The van der Waals surface area contributed by atoms with E-state index in [0.29, 0.717) is 18.1 Å². The molecule has 1 aliphatic heterocycles. The van der Waals surface area contributed by atoms with Crippen LogP contribution < -0.4 is 5.32 Å². The Bertz CT molecular complexity index is 393. The van der Waals surface area contributed by atoms with E-state index in [1.165, 1.54) is 5.56 Å². The molecule has 4 heteroatoms. The van der Waals surface area contributed by atoms with Gasteiger partial charge in [0, 0.05) is 25.2 Å². The van der Waals surface area contributed by atoms with Crippen molar-refractivity contribution in [2.75, 3.05) is 19.6 Å². The second-order valence-corrected chi connectivity index (χ2v) is 6.35. The highest BCUT2D eigenvalue weighted by Gasteiger charge is 2.23. The van der Waals surface area contributed by atoms with E-state index in [1.807, 2.05) is 0 Å². The van der Waals surface area contributed by atoms with Gasteiger partial charge in [-0.2, -0.15) is 0 Å². The molecule has 0 amide bonds. The number of hydrogen-bond acceptors (Lipinski definition) is 4. The molecule has 1 N–H and O–H groups in total. The van der Waals surface area contributed by atoms with Crippen molar-refractivity contribution in [3.05, 3.63) is 23.7 Å². The molecule has 4 nitrogen and oxygen atoms in total. The van der Waals surface area contributed by atoms with E-state index in [2.05, 4.69) is 44.0 Å². The molecule has 0 bridgehead atoms. The Labute approximate surface area is 122 Å². The maximum Gasteiger partial charge on any atom is 0.122 e. The number of nitrogens with one attached hydrogen (secondary N) is 1. The van der Waals surface area contributed by atoms with Gasteiger partial charge in [0.25, 0.3) is 0 Å². The van der Waals surface area contributed by atoms with Crippen LogP contribution in [0.15, 0.2) is 16.7 Å². The SMILES string of the molecule is CC(C)CNCc1occc1CN1CC(C)OC(C)C1. The summed E-state index contributed by atoms with van der Waals surface area (Å²) < 4.78 is 11.4. The van der Waals surface area contributed by atoms with Gasteiger partial charge in [0.2, 0.25) is 0 Å². The van der Waals surface area contributed by atoms with Crippen LogP contribution in [0.4, 0.5) is 0 Å². The number of furan rings is 1. The average Bonchev–Trinajstić information content (AvgIpc) is 2.75. The topological polar surface area (TPSA) is 37.6 Å². The summed E-state index contributed by atoms with van der Waals surface area (Å²) in [6.07, 6.45) is 2.43. The van der Waals surface area contributed by atoms with Crippen LogP contribution in [0, 0.1) is 5.92 Å². The minimum Gasteiger partial charge on any atom is -0.468 e. The minimum atomic E-state index is 0.313. The Morgan fingerprint density at radius 1 is 1.30 bits per heavy atom. The van der Waals surface area contributed by atoms with Crippen LogP contribution in [0.1, 0.15) is 39.0 Å². The first-order valence-electron chi connectivity index (χ1n) is 7.68. The number of ether oxygens (including phenoxy) is 1. The van der Waals surface area contributed by atoms with Crippen LogP contribution in [0.25, 0.3) is 0 Å². The van der Waals surface area contributed by atoms with Crippen molar-refractivity contribution in [2.24, 2.45) is 5.92 Å². The lowest BCUT2D eigenvalue weighted by atomic mass is 10.1. The Kier molecular flexibility index (Phi) is 5.64. The summed E-state index contributed by atoms with van der Waals surface area (Å²) in [5.41, 5.74) is 1.29. The molecule has 0 spiro atoms. The van der Waals surface area contributed by atoms with Crippen molar-refractivity contribution in [2.45, 2.75) is 53.0 Å². The highest BCUT2D eigenvalue weighted by Crippen LogP contribution is 2.17. The smallest absolute Gasteiger partial charge is 0.122 e. The van der Waals surface area contributed by atoms with Gasteiger partial charge in [-0.1, -0.05) is 13.8 Å². The van der Waals surface area contributed by atoms with Crippen molar-refractivity contribution in [1.29, 1.82) is 0 Å². The maximum atomic E-state index is 5.78. The molecule has 0 saturated carbocycles. The number of rotatable bonds is 6. The zero-order valence-electron chi connectivity index (χ0n) is 13.2. The van der Waals surface area contributed by atoms with Gasteiger partial charge in [0.15, 0.2) is 0 Å². The molecule has 2 unspecified atom stereocenters. The molecular weight excluding hydrogens is 252 g/mol. The van der Waals surface area contributed by atoms with Crippen LogP contribution >= 0.6 is 0 Å². The molecule has 0 aromatic carbocycles. The molecule has 1 saturated heterocycles. The normalized spacial score (nSPS) is 24.4. The largest absolute Gasteiger partial charge is 0.468 e. The second-order valence-electron chi connectivity index (χ2n) is 6.35. The lowest BCUT2D eigenvalue weighted by Crippen LogP contribution is -2.44. The Balaban J connectivity index is 1.88. The van der Waals surface area contributed by atoms with Crippen molar-refractivity contribution in [1.82, 2.24) is 10.2 Å². The first-order chi connectivity index (χ1) is 9.54. The molecular formula is C16H28N2O2. The molecule has 114 valence electrons. The molecule has 1 fully saturated rings. The van der Waals surface area contributed by atoms with E-state index in [9.17, 15) is 0 Å². The Hall–Kier alpha value is -0.840. The van der Waals surface area contributed by atoms with Gasteiger partial charge in [-0.05, 0) is 32.4 Å². The van der Waals surface area contributed by atoms with Crippen molar-refractivity contribution in [3.8, 4) is 0 Å². The summed E-state index contributed by atoms with van der Waals surface area (Å²) >= 11 is 0. The third-order valence-corrected chi connectivity index (χ3v) is 3.57. The zero-order chi connectivity index (χ0) is 14.5. The van der Waals surface area contributed by atoms with Gasteiger partial charge in [-0.15, -0.1) is 0 Å². The zero-order valence-corrected chi connectivity index (χ0v) is 13.2. The van der Waals surface area contributed by atoms with Crippen LogP contribution in [0.2, 0.25) is 0 Å². The molecule has 20 heavy (non-hydrogen) atoms. The first kappa shape index (κ1) is 15.5. The summed E-state index contributed by atoms with van der Waals surface area (Å²) in [5.74, 6) is 1.73. The molecule has 0 aliphatic carbocycles. The summed E-state index contributed by atoms with van der Waals surface area (Å²) in [7, 11) is 0. The van der Waals surface area contributed by atoms with Gasteiger partial charge in [0.1, 0.15) is 5.76 Å². The van der Waals surface area contributed by atoms with Gasteiger partial charge >= 0.3 is 0 Å². The maximum absolute atomic E-state index is 5.78. The molecule has 2 atom stereocenters. The van der Waals surface area contributed by atoms with Crippen LogP contribution in [-0.2, 0) is 17.8 Å². The third kappa shape index (κ3) is 4.62. The van der Waals surface area contributed by atoms with E-state index < -0.39 is 0 Å². The van der Waals surface area contributed by atoms with E-state index in [-0.39, 0.29) is 0 Å². The first-order valence-corrected chi connectivity index (χ1v) is 7.68. The summed E-state index contributed by atoms with van der Waals surface area (Å²) in [6, 6.07) is 2.09. The predicted molar refractivity (Wildman–Crippen MR) is 80.5 cm³/mol. The third-order valence-electron chi connectivity index (χ3n) is 3.57. The molecule has 1 aromatic rings. The van der Waals surface area contributed by atoms with Crippen molar-refractivity contribution in [3.63, 3.8) is 0 Å². The van der Waals surface area contributed by atoms with Crippen LogP contribution in [0.3, 0.4) is 0 Å². The number of morpholine rings is 1. The summed E-state index contributed by atoms with van der Waals surface area (Å²) in [5, 5.41) is 3.45. The summed E-state index contributed by atoms with van der Waals surface area (Å²) in [4.78, 5) is 2.45. The number of hydrogen-bond donors (Lipinski definition) is 1. The average molecular weight is 280 g/mol. The standard InChI is InChI=1S/C16H28N2O2/c1-12(2)7-17-8-16-15(5-6-19-16)11-18-9-13(3)20-14(4)10-18/h5-6,12-14,17H,7-11H2,1-4H3. The van der Waals surface area contributed by atoms with E-state index in [4.69, 9.17) is 9.15 Å². The van der Waals surface area contributed by atoms with Crippen LogP contribution in [-0.4, -0.2) is 36.7 Å². The predicted octanol–water partition coefficient (Wildman–Crippen LogP) is 2.63. The Morgan fingerprint density at radius 2 is 2.00 bits per heavy atom. The molecule has 0 radical (unpaired) electrons. The molecule has 2 heterocycles. The fraction of sp³-hybridized carbons (Fsp3) is 0.750. The van der Waals surface area contributed by atoms with Gasteiger partial charge in [-0.25, -0.2) is 0 Å². The van der Waals surface area contributed by atoms with E-state index >= 15 is 0 Å². The molecule has 1 aliphatic rings. The fourth-order valence-electron chi connectivity index (χ4n) is 2.79. The van der Waals surface area contributed by atoms with Gasteiger partial charge < -0.3 is 14.5 Å². The summed E-state index contributed by atoms with van der Waals surface area (Å²) in [6.45, 7) is 13.5. The quantitative estimate of drug-likeness (QED) is 0.869. The van der Waals surface area contributed by atoms with Gasteiger partial charge in [0.05, 0.1) is 25.0 Å². The number of nitrogens with zero attached hydrogens (tertiary/aromatic N) is 1. The Morgan fingerprint density at radius 3 is 2.65 bits per heavy atom. The van der Waals surface area contributed by atoms with Crippen molar-refractivity contribution < 1.29 is 9.15 Å². The van der Waals surface area contributed by atoms with E-state index in [1.54, 1.807) is 6.26 Å². The van der Waals surface area contributed by atoms with Crippen LogP contribution in [0.5, 0.6) is 0 Å². The fourth-order valence-corrected chi connectivity index (χ4v) is 2.79. The molecule has 2 rings (SSSR count). The molecule has 1 aromatic heterocycles. The lowest BCUT2D eigenvalue weighted by molar-refractivity contribution is -0.0706. The monoisotopic (exact) mass is 280 g/mol. The lowest BCUT2D eigenvalue weighted by Gasteiger charge is -2.35. The van der Waals surface area contributed by atoms with Crippen molar-refractivity contribution >= 4 is 0 Å². The van der Waals surface area contributed by atoms with E-state index in [0.717, 1.165) is 38.5 Å².